The first kappa shape index (κ1) is 24.7. The molecule has 1 N–H and O–H groups in total. The van der Waals surface area contributed by atoms with Gasteiger partial charge in [0.25, 0.3) is 15.9 Å². The van der Waals surface area contributed by atoms with Crippen molar-refractivity contribution < 1.29 is 17.9 Å². The van der Waals surface area contributed by atoms with Crippen LogP contribution in [0.3, 0.4) is 0 Å². The highest BCUT2D eigenvalue weighted by Crippen LogP contribution is 2.31. The summed E-state index contributed by atoms with van der Waals surface area (Å²) in [5.41, 5.74) is 1.49. The molecular formula is C23H33N3O4S. The zero-order valence-electron chi connectivity index (χ0n) is 19.2. The first-order valence-corrected chi connectivity index (χ1v) is 11.8. The van der Waals surface area contributed by atoms with E-state index in [2.05, 4.69) is 31.0 Å². The summed E-state index contributed by atoms with van der Waals surface area (Å²) in [6.45, 7) is 10.2. The molecule has 0 unspecified atom stereocenters. The summed E-state index contributed by atoms with van der Waals surface area (Å²) in [7, 11) is -0.919. The predicted octanol–water partition coefficient (Wildman–Crippen LogP) is 3.29. The third kappa shape index (κ3) is 5.77. The molecule has 2 rings (SSSR count). The molecule has 7 nitrogen and oxygen atoms in total. The molecule has 8 heteroatoms. The molecule has 0 saturated carbocycles. The van der Waals surface area contributed by atoms with E-state index < -0.39 is 10.0 Å². The van der Waals surface area contributed by atoms with Gasteiger partial charge in [0.05, 0.1) is 17.7 Å². The van der Waals surface area contributed by atoms with Crippen molar-refractivity contribution in [3.63, 3.8) is 0 Å². The maximum absolute atomic E-state index is 13.2. The molecule has 0 fully saturated rings. The number of likely N-dealkylation sites (N-methyl/N-ethyl adjacent to an activating group) is 1. The van der Waals surface area contributed by atoms with Crippen molar-refractivity contribution >= 4 is 21.6 Å². The number of rotatable bonds is 10. The molecule has 0 heterocycles. The number of carbonyl (C=O) groups excluding carboxylic acids is 1. The summed E-state index contributed by atoms with van der Waals surface area (Å²) in [4.78, 5) is 15.1. The molecule has 0 spiro atoms. The molecular weight excluding hydrogens is 414 g/mol. The molecule has 0 aliphatic heterocycles. The number of benzene rings is 2. The van der Waals surface area contributed by atoms with Crippen LogP contribution in [-0.4, -0.2) is 59.1 Å². The average molecular weight is 448 g/mol. The van der Waals surface area contributed by atoms with E-state index in [1.165, 1.54) is 30.6 Å². The van der Waals surface area contributed by atoms with Crippen molar-refractivity contribution in [2.24, 2.45) is 0 Å². The van der Waals surface area contributed by atoms with E-state index in [4.69, 9.17) is 4.74 Å². The fourth-order valence-electron chi connectivity index (χ4n) is 3.37. The van der Waals surface area contributed by atoms with Gasteiger partial charge in [0.2, 0.25) is 0 Å². The quantitative estimate of drug-likeness (QED) is 0.605. The highest BCUT2D eigenvalue weighted by Gasteiger charge is 2.25. The van der Waals surface area contributed by atoms with E-state index in [0.717, 1.165) is 13.1 Å². The Morgan fingerprint density at radius 2 is 1.84 bits per heavy atom. The van der Waals surface area contributed by atoms with Gasteiger partial charge in [0.1, 0.15) is 5.75 Å². The minimum atomic E-state index is -3.88. The Hall–Kier alpha value is -2.58. The van der Waals surface area contributed by atoms with Crippen LogP contribution in [-0.2, 0) is 10.0 Å². The topological polar surface area (TPSA) is 79.0 Å². The predicted molar refractivity (Wildman–Crippen MR) is 124 cm³/mol. The zero-order chi connectivity index (χ0) is 23.2. The van der Waals surface area contributed by atoms with E-state index in [0.29, 0.717) is 35.2 Å². The van der Waals surface area contributed by atoms with Crippen LogP contribution in [0, 0.1) is 6.92 Å². The molecule has 2 aromatic rings. The maximum atomic E-state index is 13.2. The Kier molecular flexibility index (Phi) is 8.47. The van der Waals surface area contributed by atoms with Crippen LogP contribution < -0.4 is 14.4 Å². The number of aryl methyl sites for hydroxylation is 1. The van der Waals surface area contributed by atoms with Crippen molar-refractivity contribution in [1.29, 1.82) is 0 Å². The second-order valence-corrected chi connectivity index (χ2v) is 9.57. The lowest BCUT2D eigenvalue weighted by atomic mass is 10.1. The van der Waals surface area contributed by atoms with Crippen molar-refractivity contribution in [2.75, 3.05) is 38.1 Å². The minimum Gasteiger partial charge on any atom is -0.495 e. The van der Waals surface area contributed by atoms with Crippen LogP contribution in [0.1, 0.15) is 36.7 Å². The van der Waals surface area contributed by atoms with E-state index in [1.54, 1.807) is 37.3 Å². The third-order valence-corrected chi connectivity index (χ3v) is 7.12. The lowest BCUT2D eigenvalue weighted by Crippen LogP contribution is -2.38. The normalized spacial score (nSPS) is 11.6. The van der Waals surface area contributed by atoms with E-state index in [1.807, 2.05) is 0 Å². The number of methoxy groups -OCH3 is 1. The third-order valence-electron chi connectivity index (χ3n) is 5.36. The molecule has 0 radical (unpaired) electrons. The standard InChI is InChI=1S/C23H33N3O4S/c1-7-26(17(2)3)15-14-24-23(27)20-16-19(13-12-18(20)4)31(28,29)25(5)21-10-8-9-11-22(21)30-6/h8-13,16-17H,7,14-15H2,1-6H3,(H,24,27). The molecule has 2 aromatic carbocycles. The lowest BCUT2D eigenvalue weighted by molar-refractivity contribution is 0.0945. The molecule has 0 aliphatic rings. The van der Waals surface area contributed by atoms with Gasteiger partial charge in [0.15, 0.2) is 0 Å². The molecule has 170 valence electrons. The smallest absolute Gasteiger partial charge is 0.264 e. The number of sulfonamides is 1. The maximum Gasteiger partial charge on any atom is 0.264 e. The highest BCUT2D eigenvalue weighted by atomic mass is 32.2. The molecule has 0 bridgehead atoms. The minimum absolute atomic E-state index is 0.0500. The molecule has 31 heavy (non-hydrogen) atoms. The fraction of sp³-hybridized carbons (Fsp3) is 0.435. The second-order valence-electron chi connectivity index (χ2n) is 7.60. The Morgan fingerprint density at radius 1 is 1.16 bits per heavy atom. The zero-order valence-corrected chi connectivity index (χ0v) is 20.0. The van der Waals surface area contributed by atoms with Gasteiger partial charge in [-0.25, -0.2) is 8.42 Å². The first-order valence-electron chi connectivity index (χ1n) is 10.4. The second kappa shape index (κ2) is 10.6. The van der Waals surface area contributed by atoms with Crippen molar-refractivity contribution in [3.05, 3.63) is 53.6 Å². The molecule has 0 saturated heterocycles. The Labute approximate surface area is 186 Å². The summed E-state index contributed by atoms with van der Waals surface area (Å²) in [6.07, 6.45) is 0. The Balaban J connectivity index is 2.25. The van der Waals surface area contributed by atoms with Crippen LogP contribution >= 0.6 is 0 Å². The van der Waals surface area contributed by atoms with Crippen molar-refractivity contribution in [3.8, 4) is 5.75 Å². The van der Waals surface area contributed by atoms with E-state index in [9.17, 15) is 13.2 Å². The van der Waals surface area contributed by atoms with Crippen molar-refractivity contribution in [1.82, 2.24) is 10.2 Å². The number of hydrogen-bond acceptors (Lipinski definition) is 5. The number of nitrogens with one attached hydrogen (secondary N) is 1. The molecule has 0 aromatic heterocycles. The van der Waals surface area contributed by atoms with Gasteiger partial charge in [-0.1, -0.05) is 25.1 Å². The summed E-state index contributed by atoms with van der Waals surface area (Å²) in [5.74, 6) is 0.165. The summed E-state index contributed by atoms with van der Waals surface area (Å²) in [5, 5.41) is 2.91. The van der Waals surface area contributed by atoms with Gasteiger partial charge in [0, 0.05) is 31.7 Å². The number of ether oxygens (including phenoxy) is 1. The summed E-state index contributed by atoms with van der Waals surface area (Å²) >= 11 is 0. The fourth-order valence-corrected chi connectivity index (χ4v) is 4.61. The largest absolute Gasteiger partial charge is 0.495 e. The van der Waals surface area contributed by atoms with Crippen LogP contribution in [0.4, 0.5) is 5.69 Å². The molecule has 1 amide bonds. The van der Waals surface area contributed by atoms with Crippen molar-refractivity contribution in [2.45, 2.75) is 38.6 Å². The molecule has 0 atom stereocenters. The number of amides is 1. The monoisotopic (exact) mass is 447 g/mol. The number of nitrogens with zero attached hydrogens (tertiary/aromatic N) is 2. The van der Waals surface area contributed by atoms with Gasteiger partial charge in [-0.2, -0.15) is 0 Å². The van der Waals surface area contributed by atoms with Crippen LogP contribution in [0.5, 0.6) is 5.75 Å². The summed E-state index contributed by atoms with van der Waals surface area (Å²) in [6, 6.07) is 11.9. The van der Waals surface area contributed by atoms with Crippen LogP contribution in [0.2, 0.25) is 0 Å². The van der Waals surface area contributed by atoms with Gasteiger partial charge >= 0.3 is 0 Å². The van der Waals surface area contributed by atoms with Gasteiger partial charge in [-0.3, -0.25) is 14.0 Å². The SMILES string of the molecule is CCN(CCNC(=O)c1cc(S(=O)(=O)N(C)c2ccccc2OC)ccc1C)C(C)C. The van der Waals surface area contributed by atoms with Gasteiger partial charge in [-0.15, -0.1) is 0 Å². The number of carbonyl (C=O) groups is 1. The van der Waals surface area contributed by atoms with E-state index >= 15 is 0 Å². The molecule has 0 aliphatic carbocycles. The van der Waals surface area contributed by atoms with E-state index in [-0.39, 0.29) is 10.8 Å². The summed E-state index contributed by atoms with van der Waals surface area (Å²) < 4.78 is 32.9. The van der Waals surface area contributed by atoms with Gasteiger partial charge in [-0.05, 0) is 57.1 Å². The average Bonchev–Trinajstić information content (AvgIpc) is 2.75. The lowest BCUT2D eigenvalue weighted by Gasteiger charge is -2.24. The number of anilines is 1. The van der Waals surface area contributed by atoms with Crippen LogP contribution in [0.25, 0.3) is 0 Å². The Bertz CT molecular complexity index is 1010. The number of para-hydroxylation sites is 2. The first-order chi connectivity index (χ1) is 14.6. The number of hydrogen-bond donors (Lipinski definition) is 1. The van der Waals surface area contributed by atoms with Crippen LogP contribution in [0.15, 0.2) is 47.4 Å². The van der Waals surface area contributed by atoms with Gasteiger partial charge < -0.3 is 10.1 Å². The Morgan fingerprint density at radius 3 is 2.45 bits per heavy atom. The highest BCUT2D eigenvalue weighted by molar-refractivity contribution is 7.92.